The van der Waals surface area contributed by atoms with Crippen molar-refractivity contribution in [3.05, 3.63) is 65.2 Å². The number of hydrogen-bond acceptors (Lipinski definition) is 2. The fraction of sp³-hybridized carbons (Fsp3) is 0.278. The normalized spacial score (nSPS) is 18.3. The van der Waals surface area contributed by atoms with Gasteiger partial charge in [0, 0.05) is 5.69 Å². The summed E-state index contributed by atoms with van der Waals surface area (Å²) in [5, 5.41) is 0.0885. The number of amides is 1. The highest BCUT2D eigenvalue weighted by Crippen LogP contribution is 2.41. The van der Waals surface area contributed by atoms with E-state index in [9.17, 15) is 4.79 Å². The van der Waals surface area contributed by atoms with Gasteiger partial charge < -0.3 is 0 Å². The predicted molar refractivity (Wildman–Crippen MR) is 89.7 cm³/mol. The molecule has 2 aromatic rings. The first kappa shape index (κ1) is 14.2. The molecule has 0 aliphatic carbocycles. The second kappa shape index (κ2) is 5.94. The molecule has 3 rings (SSSR count). The van der Waals surface area contributed by atoms with Crippen LogP contribution in [-0.4, -0.2) is 11.7 Å². The first-order chi connectivity index (χ1) is 10.2. The molecular formula is C18H19NOS. The second-order valence-electron chi connectivity index (χ2n) is 5.36. The average molecular weight is 297 g/mol. The van der Waals surface area contributed by atoms with Gasteiger partial charge in [-0.1, -0.05) is 48.9 Å². The summed E-state index contributed by atoms with van der Waals surface area (Å²) in [6.07, 6.45) is 1.02. The quantitative estimate of drug-likeness (QED) is 0.840. The van der Waals surface area contributed by atoms with E-state index in [0.29, 0.717) is 5.75 Å². The SMILES string of the molecule is CCc1ccc(N2C(=O)CS[C@H]2c2ccc(C)cc2)cc1. The van der Waals surface area contributed by atoms with E-state index in [1.165, 1.54) is 16.7 Å². The Bertz CT molecular complexity index is 633. The van der Waals surface area contributed by atoms with E-state index < -0.39 is 0 Å². The van der Waals surface area contributed by atoms with Gasteiger partial charge in [-0.25, -0.2) is 0 Å². The van der Waals surface area contributed by atoms with Crippen LogP contribution in [0.2, 0.25) is 0 Å². The smallest absolute Gasteiger partial charge is 0.238 e. The fourth-order valence-electron chi connectivity index (χ4n) is 2.57. The van der Waals surface area contributed by atoms with Gasteiger partial charge >= 0.3 is 0 Å². The summed E-state index contributed by atoms with van der Waals surface area (Å²) in [6, 6.07) is 16.8. The zero-order valence-electron chi connectivity index (χ0n) is 12.4. The molecule has 1 aliphatic heterocycles. The molecule has 0 spiro atoms. The van der Waals surface area contributed by atoms with Crippen LogP contribution in [0.25, 0.3) is 0 Å². The van der Waals surface area contributed by atoms with Crippen LogP contribution < -0.4 is 4.90 Å². The molecule has 2 nitrogen and oxygen atoms in total. The molecule has 0 radical (unpaired) electrons. The van der Waals surface area contributed by atoms with Crippen LogP contribution in [0.3, 0.4) is 0 Å². The lowest BCUT2D eigenvalue weighted by Crippen LogP contribution is -2.27. The van der Waals surface area contributed by atoms with Crippen molar-refractivity contribution in [2.75, 3.05) is 10.7 Å². The van der Waals surface area contributed by atoms with E-state index in [0.717, 1.165) is 12.1 Å². The number of hydrogen-bond donors (Lipinski definition) is 0. The third kappa shape index (κ3) is 2.84. The van der Waals surface area contributed by atoms with Gasteiger partial charge in [0.1, 0.15) is 5.37 Å². The fourth-order valence-corrected chi connectivity index (χ4v) is 3.75. The Morgan fingerprint density at radius 1 is 1.10 bits per heavy atom. The summed E-state index contributed by atoms with van der Waals surface area (Å²) in [4.78, 5) is 14.2. The molecule has 0 unspecified atom stereocenters. The van der Waals surface area contributed by atoms with Gasteiger partial charge in [0.15, 0.2) is 0 Å². The third-order valence-corrected chi connectivity index (χ3v) is 5.07. The van der Waals surface area contributed by atoms with Gasteiger partial charge in [-0.2, -0.15) is 0 Å². The van der Waals surface area contributed by atoms with Gasteiger partial charge in [0.25, 0.3) is 0 Å². The van der Waals surface area contributed by atoms with Crippen LogP contribution >= 0.6 is 11.8 Å². The van der Waals surface area contributed by atoms with E-state index in [4.69, 9.17) is 0 Å². The number of anilines is 1. The van der Waals surface area contributed by atoms with Crippen LogP contribution in [0.4, 0.5) is 5.69 Å². The van der Waals surface area contributed by atoms with Crippen molar-refractivity contribution in [2.45, 2.75) is 25.6 Å². The highest BCUT2D eigenvalue weighted by molar-refractivity contribution is 8.00. The molecule has 0 aromatic heterocycles. The van der Waals surface area contributed by atoms with E-state index >= 15 is 0 Å². The number of benzene rings is 2. The molecule has 0 N–H and O–H groups in total. The van der Waals surface area contributed by atoms with Crippen molar-refractivity contribution in [2.24, 2.45) is 0 Å². The molecule has 1 heterocycles. The average Bonchev–Trinajstić information content (AvgIpc) is 2.90. The van der Waals surface area contributed by atoms with Crippen molar-refractivity contribution >= 4 is 23.4 Å². The van der Waals surface area contributed by atoms with E-state index in [1.807, 2.05) is 4.90 Å². The minimum Gasteiger partial charge on any atom is -0.295 e. The van der Waals surface area contributed by atoms with Gasteiger partial charge in [0.05, 0.1) is 5.75 Å². The van der Waals surface area contributed by atoms with E-state index in [2.05, 4.69) is 62.4 Å². The molecule has 108 valence electrons. The minimum atomic E-state index is 0.0885. The van der Waals surface area contributed by atoms with Gasteiger partial charge in [-0.05, 0) is 36.6 Å². The molecule has 1 aliphatic rings. The molecule has 2 aromatic carbocycles. The lowest BCUT2D eigenvalue weighted by molar-refractivity contribution is -0.115. The van der Waals surface area contributed by atoms with Gasteiger partial charge in [0.2, 0.25) is 5.91 Å². The van der Waals surface area contributed by atoms with Crippen LogP contribution in [0.5, 0.6) is 0 Å². The number of aryl methyl sites for hydroxylation is 2. The molecule has 1 saturated heterocycles. The Kier molecular flexibility index (Phi) is 4.02. The molecular weight excluding hydrogens is 278 g/mol. The van der Waals surface area contributed by atoms with E-state index in [-0.39, 0.29) is 11.3 Å². The maximum atomic E-state index is 12.3. The van der Waals surface area contributed by atoms with Crippen molar-refractivity contribution in [3.63, 3.8) is 0 Å². The highest BCUT2D eigenvalue weighted by atomic mass is 32.2. The number of carbonyl (C=O) groups is 1. The lowest BCUT2D eigenvalue weighted by Gasteiger charge is -2.24. The van der Waals surface area contributed by atoms with Crippen molar-refractivity contribution < 1.29 is 4.79 Å². The molecule has 1 fully saturated rings. The molecule has 21 heavy (non-hydrogen) atoms. The molecule has 1 amide bonds. The zero-order valence-corrected chi connectivity index (χ0v) is 13.2. The Morgan fingerprint density at radius 2 is 1.76 bits per heavy atom. The number of nitrogens with zero attached hydrogens (tertiary/aromatic N) is 1. The molecule has 0 saturated carbocycles. The Morgan fingerprint density at radius 3 is 2.38 bits per heavy atom. The first-order valence-electron chi connectivity index (χ1n) is 7.28. The third-order valence-electron chi connectivity index (χ3n) is 3.85. The van der Waals surface area contributed by atoms with Crippen molar-refractivity contribution in [3.8, 4) is 0 Å². The maximum absolute atomic E-state index is 12.3. The van der Waals surface area contributed by atoms with Crippen LogP contribution in [0.1, 0.15) is 29.0 Å². The monoisotopic (exact) mass is 297 g/mol. The van der Waals surface area contributed by atoms with Crippen LogP contribution in [0, 0.1) is 6.92 Å². The van der Waals surface area contributed by atoms with Gasteiger partial charge in [-0.15, -0.1) is 11.8 Å². The molecule has 3 heteroatoms. The summed E-state index contributed by atoms with van der Waals surface area (Å²) in [6.45, 7) is 4.22. The second-order valence-corrected chi connectivity index (χ2v) is 6.43. The predicted octanol–water partition coefficient (Wildman–Crippen LogP) is 4.34. The molecule has 1 atom stereocenters. The lowest BCUT2D eigenvalue weighted by atomic mass is 10.1. The highest BCUT2D eigenvalue weighted by Gasteiger charge is 2.33. The first-order valence-corrected chi connectivity index (χ1v) is 8.33. The standard InChI is InChI=1S/C18H19NOS/c1-3-14-6-10-16(11-7-14)19-17(20)12-21-18(19)15-8-4-13(2)5-9-15/h4-11,18H,3,12H2,1-2H3/t18-/m0/s1. The summed E-state index contributed by atoms with van der Waals surface area (Å²) >= 11 is 1.70. The Balaban J connectivity index is 1.93. The molecule has 0 bridgehead atoms. The number of carbonyl (C=O) groups excluding carboxylic acids is 1. The number of thioether (sulfide) groups is 1. The topological polar surface area (TPSA) is 20.3 Å². The summed E-state index contributed by atoms with van der Waals surface area (Å²) in [5.41, 5.74) is 4.72. The zero-order chi connectivity index (χ0) is 14.8. The van der Waals surface area contributed by atoms with Crippen molar-refractivity contribution in [1.82, 2.24) is 0 Å². The number of rotatable bonds is 3. The van der Waals surface area contributed by atoms with Crippen LogP contribution in [0.15, 0.2) is 48.5 Å². The van der Waals surface area contributed by atoms with Gasteiger partial charge in [-0.3, -0.25) is 9.69 Å². The Labute approximate surface area is 130 Å². The minimum absolute atomic E-state index is 0.0885. The Hall–Kier alpha value is -1.74. The van der Waals surface area contributed by atoms with Crippen LogP contribution in [-0.2, 0) is 11.2 Å². The summed E-state index contributed by atoms with van der Waals surface area (Å²) in [5.74, 6) is 0.739. The summed E-state index contributed by atoms with van der Waals surface area (Å²) in [7, 11) is 0. The summed E-state index contributed by atoms with van der Waals surface area (Å²) < 4.78 is 0. The van der Waals surface area contributed by atoms with E-state index in [1.54, 1.807) is 11.8 Å². The largest absolute Gasteiger partial charge is 0.295 e. The van der Waals surface area contributed by atoms with Crippen molar-refractivity contribution in [1.29, 1.82) is 0 Å². The maximum Gasteiger partial charge on any atom is 0.238 e.